The maximum atomic E-state index is 11.9. The number of hydrogen-bond acceptors (Lipinski definition) is 7. The van der Waals surface area contributed by atoms with Gasteiger partial charge in [-0.3, -0.25) is 4.79 Å². The summed E-state index contributed by atoms with van der Waals surface area (Å²) in [7, 11) is 0. The summed E-state index contributed by atoms with van der Waals surface area (Å²) in [5, 5.41) is 13.4. The normalized spacial score (nSPS) is 10.4. The number of nitrogens with one attached hydrogen (secondary N) is 1. The predicted octanol–water partition coefficient (Wildman–Crippen LogP) is 2.08. The third kappa shape index (κ3) is 2.49. The van der Waals surface area contributed by atoms with E-state index in [2.05, 4.69) is 20.1 Å². The first-order chi connectivity index (χ1) is 10.7. The van der Waals surface area contributed by atoms with Crippen molar-refractivity contribution in [3.63, 3.8) is 0 Å². The van der Waals surface area contributed by atoms with Crippen molar-refractivity contribution in [2.75, 3.05) is 6.26 Å². The summed E-state index contributed by atoms with van der Waals surface area (Å²) in [6, 6.07) is 8.99. The molecule has 1 aromatic carbocycles. The Labute approximate surface area is 129 Å². The van der Waals surface area contributed by atoms with Crippen molar-refractivity contribution in [1.82, 2.24) is 20.1 Å². The third-order valence-corrected chi connectivity index (χ3v) is 3.56. The quantitative estimate of drug-likeness (QED) is 0.582. The van der Waals surface area contributed by atoms with Crippen LogP contribution in [0.4, 0.5) is 0 Å². The monoisotopic (exact) mass is 311 g/mol. The largest absolute Gasteiger partial charge is 0.342 e. The van der Waals surface area contributed by atoms with Crippen molar-refractivity contribution in [1.29, 1.82) is 5.26 Å². The van der Waals surface area contributed by atoms with Crippen molar-refractivity contribution >= 4 is 11.8 Å². The van der Waals surface area contributed by atoms with E-state index >= 15 is 0 Å². The van der Waals surface area contributed by atoms with Crippen LogP contribution < -0.4 is 5.56 Å². The highest BCUT2D eigenvalue weighted by Crippen LogP contribution is 2.24. The Bertz CT molecular complexity index is 894. The van der Waals surface area contributed by atoms with Gasteiger partial charge in [0.15, 0.2) is 5.16 Å². The van der Waals surface area contributed by atoms with Crippen LogP contribution in [0.2, 0.25) is 0 Å². The van der Waals surface area contributed by atoms with Crippen LogP contribution in [-0.4, -0.2) is 26.4 Å². The van der Waals surface area contributed by atoms with E-state index in [4.69, 9.17) is 4.52 Å². The van der Waals surface area contributed by atoms with E-state index in [0.717, 1.165) is 5.56 Å². The van der Waals surface area contributed by atoms with Gasteiger partial charge in [-0.2, -0.15) is 10.2 Å². The summed E-state index contributed by atoms with van der Waals surface area (Å²) in [6.45, 7) is 0. The van der Waals surface area contributed by atoms with Crippen molar-refractivity contribution < 1.29 is 4.52 Å². The molecule has 0 bridgehead atoms. The highest BCUT2D eigenvalue weighted by atomic mass is 32.2. The minimum Gasteiger partial charge on any atom is -0.342 e. The van der Waals surface area contributed by atoms with Gasteiger partial charge in [-0.1, -0.05) is 41.2 Å². The van der Waals surface area contributed by atoms with Crippen molar-refractivity contribution in [3.05, 3.63) is 46.6 Å². The molecule has 0 aliphatic rings. The average molecular weight is 311 g/mol. The fourth-order valence-corrected chi connectivity index (χ4v) is 2.31. The Hall–Kier alpha value is -2.92. The highest BCUT2D eigenvalue weighted by molar-refractivity contribution is 7.98. The SMILES string of the molecule is CSc1nc(-c2ccc(-c3ncon3)cc2)c(C#N)c(=O)[nH]1. The van der Waals surface area contributed by atoms with Gasteiger partial charge >= 0.3 is 0 Å². The fourth-order valence-electron chi connectivity index (χ4n) is 1.94. The average Bonchev–Trinajstić information content (AvgIpc) is 3.08. The number of rotatable bonds is 3. The summed E-state index contributed by atoms with van der Waals surface area (Å²) in [5.74, 6) is 0.468. The van der Waals surface area contributed by atoms with Crippen LogP contribution in [0.5, 0.6) is 0 Å². The zero-order chi connectivity index (χ0) is 15.5. The summed E-state index contributed by atoms with van der Waals surface area (Å²) >= 11 is 1.30. The van der Waals surface area contributed by atoms with Crippen LogP contribution in [0.15, 0.2) is 45.1 Å². The van der Waals surface area contributed by atoms with Gasteiger partial charge < -0.3 is 9.51 Å². The number of aromatic nitrogens is 4. The second-order valence-electron chi connectivity index (χ2n) is 4.24. The standard InChI is InChI=1S/C14H9N5O2S/c1-22-14-17-11(10(6-15)13(20)18-14)8-2-4-9(5-3-8)12-16-7-21-19-12/h2-5,7H,1H3,(H,17,18,20). The Morgan fingerprint density at radius 3 is 2.59 bits per heavy atom. The maximum Gasteiger partial charge on any atom is 0.270 e. The molecule has 22 heavy (non-hydrogen) atoms. The van der Waals surface area contributed by atoms with Crippen LogP contribution >= 0.6 is 11.8 Å². The molecule has 0 radical (unpaired) electrons. The van der Waals surface area contributed by atoms with E-state index in [1.807, 2.05) is 6.07 Å². The van der Waals surface area contributed by atoms with Gasteiger partial charge in [0.05, 0.1) is 5.69 Å². The fraction of sp³-hybridized carbons (Fsp3) is 0.0714. The number of H-pyrrole nitrogens is 1. The van der Waals surface area contributed by atoms with E-state index in [1.165, 1.54) is 18.2 Å². The molecule has 3 rings (SSSR count). The predicted molar refractivity (Wildman–Crippen MR) is 80.1 cm³/mol. The molecule has 0 amide bonds. The lowest BCUT2D eigenvalue weighted by atomic mass is 10.1. The molecule has 1 N–H and O–H groups in total. The molecule has 3 aromatic rings. The van der Waals surface area contributed by atoms with Crippen LogP contribution in [0, 0.1) is 11.3 Å². The van der Waals surface area contributed by atoms with Gasteiger partial charge in [0.25, 0.3) is 5.56 Å². The zero-order valence-corrected chi connectivity index (χ0v) is 12.2. The molecule has 7 nitrogen and oxygen atoms in total. The van der Waals surface area contributed by atoms with E-state index in [1.54, 1.807) is 30.5 Å². The summed E-state index contributed by atoms with van der Waals surface area (Å²) in [5.41, 5.74) is 1.34. The second kappa shape index (κ2) is 5.83. The van der Waals surface area contributed by atoms with E-state index in [9.17, 15) is 10.1 Å². The Balaban J connectivity index is 2.10. The number of aromatic amines is 1. The van der Waals surface area contributed by atoms with Crippen LogP contribution in [0.3, 0.4) is 0 Å². The molecule has 0 atom stereocenters. The lowest BCUT2D eigenvalue weighted by Crippen LogP contribution is -2.14. The summed E-state index contributed by atoms with van der Waals surface area (Å²) < 4.78 is 4.70. The number of nitriles is 1. The Kier molecular flexibility index (Phi) is 3.72. The third-order valence-electron chi connectivity index (χ3n) is 2.98. The van der Waals surface area contributed by atoms with E-state index in [0.29, 0.717) is 22.2 Å². The Morgan fingerprint density at radius 2 is 2.00 bits per heavy atom. The van der Waals surface area contributed by atoms with E-state index < -0.39 is 5.56 Å². The van der Waals surface area contributed by atoms with Crippen molar-refractivity contribution in [3.8, 4) is 28.7 Å². The van der Waals surface area contributed by atoms with Crippen molar-refractivity contribution in [2.45, 2.75) is 5.16 Å². The first-order valence-corrected chi connectivity index (χ1v) is 7.41. The zero-order valence-electron chi connectivity index (χ0n) is 11.4. The number of nitrogens with zero attached hydrogens (tertiary/aromatic N) is 4. The van der Waals surface area contributed by atoms with Gasteiger partial charge in [-0.25, -0.2) is 4.98 Å². The number of benzene rings is 1. The minimum absolute atomic E-state index is 0.00916. The lowest BCUT2D eigenvalue weighted by Gasteiger charge is -2.05. The van der Waals surface area contributed by atoms with Crippen LogP contribution in [0.1, 0.15) is 5.56 Å². The van der Waals surface area contributed by atoms with Gasteiger partial charge in [0.1, 0.15) is 11.6 Å². The van der Waals surface area contributed by atoms with Crippen LogP contribution in [0.25, 0.3) is 22.6 Å². The molecule has 0 saturated carbocycles. The minimum atomic E-state index is -0.445. The molecule has 0 unspecified atom stereocenters. The topological polar surface area (TPSA) is 108 Å². The molecule has 8 heteroatoms. The molecule has 0 aliphatic heterocycles. The van der Waals surface area contributed by atoms with Crippen molar-refractivity contribution in [2.24, 2.45) is 0 Å². The summed E-state index contributed by atoms with van der Waals surface area (Å²) in [6.07, 6.45) is 3.05. The van der Waals surface area contributed by atoms with Crippen LogP contribution in [-0.2, 0) is 0 Å². The first kappa shape index (κ1) is 14.0. The summed E-state index contributed by atoms with van der Waals surface area (Å²) in [4.78, 5) is 22.8. The lowest BCUT2D eigenvalue weighted by molar-refractivity contribution is 0.419. The van der Waals surface area contributed by atoms with Gasteiger partial charge in [0, 0.05) is 11.1 Å². The molecular weight excluding hydrogens is 302 g/mol. The molecule has 2 aromatic heterocycles. The molecule has 0 fully saturated rings. The van der Waals surface area contributed by atoms with Gasteiger partial charge in [-0.05, 0) is 6.26 Å². The molecule has 108 valence electrons. The smallest absolute Gasteiger partial charge is 0.270 e. The molecule has 2 heterocycles. The Morgan fingerprint density at radius 1 is 1.27 bits per heavy atom. The van der Waals surface area contributed by atoms with Gasteiger partial charge in [0.2, 0.25) is 12.2 Å². The second-order valence-corrected chi connectivity index (χ2v) is 5.04. The number of hydrogen-bond donors (Lipinski definition) is 1. The molecule has 0 spiro atoms. The number of thioether (sulfide) groups is 1. The first-order valence-electron chi connectivity index (χ1n) is 6.18. The molecule has 0 aliphatic carbocycles. The molecular formula is C14H9N5O2S. The molecule has 0 saturated heterocycles. The highest BCUT2D eigenvalue weighted by Gasteiger charge is 2.13. The van der Waals surface area contributed by atoms with E-state index in [-0.39, 0.29) is 5.56 Å². The van der Waals surface area contributed by atoms with Gasteiger partial charge in [-0.15, -0.1) is 0 Å². The maximum absolute atomic E-state index is 11.9.